The lowest BCUT2D eigenvalue weighted by Crippen LogP contribution is -2.08. The Morgan fingerprint density at radius 1 is 1.03 bits per heavy atom. The minimum atomic E-state index is 0.117. The number of hydrogen-bond donors (Lipinski definition) is 0. The predicted molar refractivity (Wildman–Crippen MR) is 126 cm³/mol. The van der Waals surface area contributed by atoms with Crippen molar-refractivity contribution in [3.63, 3.8) is 0 Å². The van der Waals surface area contributed by atoms with Gasteiger partial charge in [0.15, 0.2) is 5.78 Å². The Balaban J connectivity index is 1.52. The molecule has 0 saturated heterocycles. The van der Waals surface area contributed by atoms with Crippen LogP contribution in [0, 0.1) is 20.8 Å². The van der Waals surface area contributed by atoms with E-state index in [4.69, 9.17) is 16.6 Å². The average molecular weight is 435 g/mol. The van der Waals surface area contributed by atoms with Crippen molar-refractivity contribution in [2.45, 2.75) is 32.3 Å². The van der Waals surface area contributed by atoms with Crippen LogP contribution in [0.4, 0.5) is 0 Å². The quantitative estimate of drug-likeness (QED) is 0.252. The van der Waals surface area contributed by atoms with E-state index in [1.54, 1.807) is 0 Å². The van der Waals surface area contributed by atoms with E-state index in [1.807, 2.05) is 62.4 Å². The molecule has 0 unspecified atom stereocenters. The number of aromatic nitrogens is 2. The number of thioether (sulfide) groups is 1. The first-order valence-corrected chi connectivity index (χ1v) is 11.2. The molecule has 0 atom stereocenters. The maximum absolute atomic E-state index is 13.0. The summed E-state index contributed by atoms with van der Waals surface area (Å²) in [4.78, 5) is 17.7. The number of fused-ring (bicyclic) bond motifs is 1. The molecular formula is C25H23ClN2OS. The molecule has 0 saturated carbocycles. The first-order chi connectivity index (χ1) is 14.4. The van der Waals surface area contributed by atoms with Gasteiger partial charge in [0.1, 0.15) is 0 Å². The van der Waals surface area contributed by atoms with Crippen molar-refractivity contribution >= 4 is 40.0 Å². The minimum Gasteiger partial charge on any atom is -0.344 e. The summed E-state index contributed by atoms with van der Waals surface area (Å²) in [7, 11) is 0. The Hall–Kier alpha value is -2.56. The van der Waals surface area contributed by atoms with Crippen LogP contribution in [-0.4, -0.2) is 21.1 Å². The molecule has 0 aliphatic heterocycles. The van der Waals surface area contributed by atoms with Crippen molar-refractivity contribution in [3.05, 3.63) is 93.8 Å². The molecule has 4 rings (SSSR count). The second-order valence-corrected chi connectivity index (χ2v) is 8.87. The number of Topliss-reactive ketones (excluding diaryl/α,β-unsaturated/α-hetero) is 1. The largest absolute Gasteiger partial charge is 0.344 e. The summed E-state index contributed by atoms with van der Waals surface area (Å²) < 4.78 is 2.15. The summed E-state index contributed by atoms with van der Waals surface area (Å²) >= 11 is 7.82. The zero-order valence-corrected chi connectivity index (χ0v) is 18.8. The second kappa shape index (κ2) is 8.66. The third-order valence-electron chi connectivity index (χ3n) is 5.41. The van der Waals surface area contributed by atoms with E-state index in [0.717, 1.165) is 43.5 Å². The van der Waals surface area contributed by atoms with E-state index >= 15 is 0 Å². The van der Waals surface area contributed by atoms with Crippen LogP contribution in [0.3, 0.4) is 0 Å². The van der Waals surface area contributed by atoms with Gasteiger partial charge in [-0.15, -0.1) is 0 Å². The van der Waals surface area contributed by atoms with Crippen molar-refractivity contribution in [3.8, 4) is 0 Å². The van der Waals surface area contributed by atoms with Gasteiger partial charge in [0, 0.05) is 33.9 Å². The molecule has 3 nitrogen and oxygen atoms in total. The zero-order valence-electron chi connectivity index (χ0n) is 17.3. The van der Waals surface area contributed by atoms with Crippen molar-refractivity contribution in [2.24, 2.45) is 0 Å². The maximum Gasteiger partial charge on any atom is 0.174 e. The highest BCUT2D eigenvalue weighted by Crippen LogP contribution is 2.26. The van der Waals surface area contributed by atoms with Gasteiger partial charge in [-0.1, -0.05) is 59.8 Å². The summed E-state index contributed by atoms with van der Waals surface area (Å²) in [6.45, 7) is 6.77. The molecule has 2 heterocycles. The Morgan fingerprint density at radius 3 is 2.57 bits per heavy atom. The van der Waals surface area contributed by atoms with Gasteiger partial charge < -0.3 is 4.57 Å². The van der Waals surface area contributed by atoms with E-state index < -0.39 is 0 Å². The number of benzene rings is 2. The number of halogens is 1. The normalized spacial score (nSPS) is 11.2. The lowest BCUT2D eigenvalue weighted by atomic mass is 10.1. The number of aryl methyl sites for hydroxylation is 2. The summed E-state index contributed by atoms with van der Waals surface area (Å²) in [5.74, 6) is 0.479. The first kappa shape index (κ1) is 20.7. The highest BCUT2D eigenvalue weighted by atomic mass is 35.5. The van der Waals surface area contributed by atoms with Crippen LogP contribution < -0.4 is 0 Å². The summed E-state index contributed by atoms with van der Waals surface area (Å²) in [5.41, 5.74) is 5.98. The topological polar surface area (TPSA) is 34.9 Å². The Kier molecular flexibility index (Phi) is 5.98. The second-order valence-electron chi connectivity index (χ2n) is 7.47. The number of carbonyl (C=O) groups excluding carboxylic acids is 1. The average Bonchev–Trinajstić information content (AvgIpc) is 3.02. The van der Waals surface area contributed by atoms with Crippen molar-refractivity contribution in [1.82, 2.24) is 9.55 Å². The molecule has 152 valence electrons. The number of ketones is 1. The van der Waals surface area contributed by atoms with E-state index in [9.17, 15) is 4.79 Å². The first-order valence-electron chi connectivity index (χ1n) is 9.86. The molecule has 4 aromatic rings. The molecular weight excluding hydrogens is 412 g/mol. The van der Waals surface area contributed by atoms with Crippen molar-refractivity contribution in [2.75, 3.05) is 5.75 Å². The number of nitrogens with zero attached hydrogens (tertiary/aromatic N) is 2. The van der Waals surface area contributed by atoms with Gasteiger partial charge in [0.25, 0.3) is 0 Å². The standard InChI is InChI=1S/C25H23ClN2OS/c1-16-12-25(27-23-11-7-5-9-20(16)23)30-15-24(29)21-13-17(2)28(18(21)3)14-19-8-4-6-10-22(19)26/h4-13H,14-15H2,1-3H3. The summed E-state index contributed by atoms with van der Waals surface area (Å²) in [6.07, 6.45) is 0. The number of pyridine rings is 1. The smallest absolute Gasteiger partial charge is 0.174 e. The van der Waals surface area contributed by atoms with Gasteiger partial charge in [0.2, 0.25) is 0 Å². The number of carbonyl (C=O) groups is 1. The molecule has 0 fully saturated rings. The lowest BCUT2D eigenvalue weighted by Gasteiger charge is -2.11. The van der Waals surface area contributed by atoms with Crippen LogP contribution >= 0.6 is 23.4 Å². The van der Waals surface area contributed by atoms with Crippen LogP contribution in [0.1, 0.15) is 32.9 Å². The van der Waals surface area contributed by atoms with Crippen LogP contribution in [-0.2, 0) is 6.54 Å². The van der Waals surface area contributed by atoms with E-state index in [-0.39, 0.29) is 5.78 Å². The van der Waals surface area contributed by atoms with E-state index in [1.165, 1.54) is 17.3 Å². The molecule has 0 radical (unpaired) electrons. The number of para-hydroxylation sites is 1. The van der Waals surface area contributed by atoms with Gasteiger partial charge in [-0.25, -0.2) is 4.98 Å². The fraction of sp³-hybridized carbons (Fsp3) is 0.200. The fourth-order valence-corrected chi connectivity index (χ4v) is 4.79. The molecule has 30 heavy (non-hydrogen) atoms. The van der Waals surface area contributed by atoms with Gasteiger partial charge in [-0.05, 0) is 56.2 Å². The van der Waals surface area contributed by atoms with Crippen LogP contribution in [0.25, 0.3) is 10.9 Å². The monoisotopic (exact) mass is 434 g/mol. The van der Waals surface area contributed by atoms with Gasteiger partial charge in [0.05, 0.1) is 16.3 Å². The SMILES string of the molecule is Cc1cc(SCC(=O)c2cc(C)n(Cc3ccccc3Cl)c2C)nc2ccccc12. The predicted octanol–water partition coefficient (Wildman–Crippen LogP) is 6.64. The molecule has 2 aromatic heterocycles. The highest BCUT2D eigenvalue weighted by molar-refractivity contribution is 7.99. The zero-order chi connectivity index (χ0) is 21.3. The maximum atomic E-state index is 13.0. The van der Waals surface area contributed by atoms with Gasteiger partial charge >= 0.3 is 0 Å². The number of rotatable bonds is 6. The molecule has 0 aliphatic rings. The highest BCUT2D eigenvalue weighted by Gasteiger charge is 2.17. The third-order valence-corrected chi connectivity index (χ3v) is 6.69. The third kappa shape index (κ3) is 4.16. The Bertz CT molecular complexity index is 1250. The fourth-order valence-electron chi connectivity index (χ4n) is 3.73. The molecule has 0 bridgehead atoms. The Labute approximate surface area is 186 Å². The number of hydrogen-bond acceptors (Lipinski definition) is 3. The molecule has 2 aromatic carbocycles. The molecule has 0 amide bonds. The Morgan fingerprint density at radius 2 is 1.77 bits per heavy atom. The minimum absolute atomic E-state index is 0.117. The lowest BCUT2D eigenvalue weighted by molar-refractivity contribution is 0.102. The van der Waals surface area contributed by atoms with Gasteiger partial charge in [-0.2, -0.15) is 0 Å². The van der Waals surface area contributed by atoms with Crippen molar-refractivity contribution < 1.29 is 4.79 Å². The van der Waals surface area contributed by atoms with Crippen LogP contribution in [0.2, 0.25) is 5.02 Å². The van der Waals surface area contributed by atoms with E-state index in [2.05, 4.69) is 23.6 Å². The molecule has 0 N–H and O–H groups in total. The molecule has 0 spiro atoms. The summed E-state index contributed by atoms with van der Waals surface area (Å²) in [6, 6.07) is 20.0. The van der Waals surface area contributed by atoms with Crippen LogP contribution in [0.15, 0.2) is 65.7 Å². The summed E-state index contributed by atoms with van der Waals surface area (Å²) in [5, 5.41) is 2.77. The van der Waals surface area contributed by atoms with Crippen LogP contribution in [0.5, 0.6) is 0 Å². The molecule has 5 heteroatoms. The van der Waals surface area contributed by atoms with Crippen molar-refractivity contribution in [1.29, 1.82) is 0 Å². The van der Waals surface area contributed by atoms with Gasteiger partial charge in [-0.3, -0.25) is 4.79 Å². The van der Waals surface area contributed by atoms with E-state index in [0.29, 0.717) is 12.3 Å². The molecule has 0 aliphatic carbocycles.